The van der Waals surface area contributed by atoms with Gasteiger partial charge in [-0.3, -0.25) is 4.90 Å². The minimum atomic E-state index is -0.150. The Kier molecular flexibility index (Phi) is 5.02. The molecule has 1 unspecified atom stereocenters. The van der Waals surface area contributed by atoms with Crippen molar-refractivity contribution in [3.63, 3.8) is 0 Å². The molecule has 18 heavy (non-hydrogen) atoms. The van der Waals surface area contributed by atoms with Crippen LogP contribution < -0.4 is 0 Å². The summed E-state index contributed by atoms with van der Waals surface area (Å²) in [6.07, 6.45) is 6.19. The van der Waals surface area contributed by atoms with Crippen LogP contribution in [0.3, 0.4) is 0 Å². The van der Waals surface area contributed by atoms with E-state index in [1.54, 1.807) is 0 Å². The van der Waals surface area contributed by atoms with Crippen LogP contribution in [0.1, 0.15) is 67.2 Å². The Bertz CT molecular complexity index is 298. The summed E-state index contributed by atoms with van der Waals surface area (Å²) in [4.78, 5) is 2.62. The average molecular weight is 253 g/mol. The summed E-state index contributed by atoms with van der Waals surface area (Å²) in [6.45, 7) is 14.4. The lowest BCUT2D eigenvalue weighted by Crippen LogP contribution is -2.63. The van der Waals surface area contributed by atoms with Crippen LogP contribution in [0.15, 0.2) is 11.6 Å². The number of likely N-dealkylation sites (tertiary alicyclic amines) is 1. The van der Waals surface area contributed by atoms with Crippen molar-refractivity contribution in [1.29, 1.82) is 0 Å². The van der Waals surface area contributed by atoms with Gasteiger partial charge in [-0.05, 0) is 53.4 Å². The number of piperidine rings is 1. The van der Waals surface area contributed by atoms with Crippen LogP contribution in [0, 0.1) is 0 Å². The second-order valence-corrected chi connectivity index (χ2v) is 6.70. The molecule has 0 saturated carbocycles. The van der Waals surface area contributed by atoms with E-state index in [0.29, 0.717) is 0 Å². The molecule has 106 valence electrons. The predicted molar refractivity (Wildman–Crippen MR) is 78.8 cm³/mol. The molecule has 1 saturated heterocycles. The summed E-state index contributed by atoms with van der Waals surface area (Å²) in [6, 6.07) is 0. The van der Waals surface area contributed by atoms with Gasteiger partial charge in [-0.15, -0.1) is 0 Å². The zero-order valence-corrected chi connectivity index (χ0v) is 13.1. The molecule has 1 atom stereocenters. The van der Waals surface area contributed by atoms with E-state index in [2.05, 4.69) is 52.5 Å². The molecule has 1 N–H and O–H groups in total. The molecule has 1 rings (SSSR count). The van der Waals surface area contributed by atoms with Crippen molar-refractivity contribution in [2.24, 2.45) is 0 Å². The maximum atomic E-state index is 10.2. The Morgan fingerprint density at radius 3 is 2.22 bits per heavy atom. The first-order valence-corrected chi connectivity index (χ1v) is 7.36. The van der Waals surface area contributed by atoms with E-state index in [-0.39, 0.29) is 17.2 Å². The van der Waals surface area contributed by atoms with Crippen LogP contribution in [-0.4, -0.2) is 33.7 Å². The summed E-state index contributed by atoms with van der Waals surface area (Å²) in [5.74, 6) is 0. The van der Waals surface area contributed by atoms with Crippen LogP contribution in [0.5, 0.6) is 0 Å². The van der Waals surface area contributed by atoms with Gasteiger partial charge in [0.15, 0.2) is 0 Å². The Hall–Kier alpha value is -0.340. The maximum Gasteiger partial charge on any atom is 0.0575 e. The number of aliphatic hydroxyl groups is 1. The molecule has 0 aliphatic carbocycles. The molecule has 0 amide bonds. The van der Waals surface area contributed by atoms with Crippen LogP contribution >= 0.6 is 0 Å². The standard InChI is InChI=1S/C16H31NO/c1-7-16(8-2)12-14(18)11-15(5,6)17(16)10-9-13(3)4/h9,14,18H,7-8,10-12H2,1-6H3. The molecule has 1 heterocycles. The number of hydrogen-bond acceptors (Lipinski definition) is 2. The van der Waals surface area contributed by atoms with E-state index in [1.165, 1.54) is 5.57 Å². The van der Waals surface area contributed by atoms with E-state index in [9.17, 15) is 5.11 Å². The first-order chi connectivity index (χ1) is 8.27. The molecule has 2 nitrogen and oxygen atoms in total. The number of hydrogen-bond donors (Lipinski definition) is 1. The fourth-order valence-corrected chi connectivity index (χ4v) is 3.58. The summed E-state index contributed by atoms with van der Waals surface area (Å²) >= 11 is 0. The highest BCUT2D eigenvalue weighted by Gasteiger charge is 2.47. The summed E-state index contributed by atoms with van der Waals surface area (Å²) in [5.41, 5.74) is 1.61. The van der Waals surface area contributed by atoms with Crippen LogP contribution in [0.25, 0.3) is 0 Å². The second kappa shape index (κ2) is 5.75. The van der Waals surface area contributed by atoms with Crippen LogP contribution in [0.2, 0.25) is 0 Å². The van der Waals surface area contributed by atoms with Crippen molar-refractivity contribution >= 4 is 0 Å². The van der Waals surface area contributed by atoms with E-state index in [0.717, 1.165) is 32.2 Å². The van der Waals surface area contributed by atoms with Gasteiger partial charge in [-0.1, -0.05) is 25.5 Å². The smallest absolute Gasteiger partial charge is 0.0575 e. The van der Waals surface area contributed by atoms with Gasteiger partial charge >= 0.3 is 0 Å². The Morgan fingerprint density at radius 1 is 1.22 bits per heavy atom. The van der Waals surface area contributed by atoms with Crippen molar-refractivity contribution in [2.75, 3.05) is 6.54 Å². The van der Waals surface area contributed by atoms with Gasteiger partial charge in [0.2, 0.25) is 0 Å². The van der Waals surface area contributed by atoms with Gasteiger partial charge in [0.25, 0.3) is 0 Å². The lowest BCUT2D eigenvalue weighted by molar-refractivity contribution is -0.0935. The molecule has 1 aliphatic rings. The molecule has 0 radical (unpaired) electrons. The number of allylic oxidation sites excluding steroid dienone is 1. The average Bonchev–Trinajstić information content (AvgIpc) is 2.25. The first-order valence-electron chi connectivity index (χ1n) is 7.36. The molecule has 1 aliphatic heterocycles. The van der Waals surface area contributed by atoms with Gasteiger partial charge in [0.05, 0.1) is 6.10 Å². The van der Waals surface area contributed by atoms with E-state index in [1.807, 2.05) is 0 Å². The van der Waals surface area contributed by atoms with Gasteiger partial charge < -0.3 is 5.11 Å². The molecule has 0 aromatic rings. The SMILES string of the molecule is CCC1(CC)CC(O)CC(C)(C)N1CC=C(C)C. The Labute approximate surface area is 113 Å². The summed E-state index contributed by atoms with van der Waals surface area (Å²) in [5, 5.41) is 10.2. The summed E-state index contributed by atoms with van der Waals surface area (Å²) < 4.78 is 0. The minimum Gasteiger partial charge on any atom is -0.393 e. The molecule has 1 fully saturated rings. The Morgan fingerprint density at radius 2 is 1.78 bits per heavy atom. The van der Waals surface area contributed by atoms with Crippen molar-refractivity contribution in [1.82, 2.24) is 4.90 Å². The van der Waals surface area contributed by atoms with E-state index < -0.39 is 0 Å². The number of nitrogens with zero attached hydrogens (tertiary/aromatic N) is 1. The predicted octanol–water partition coefficient (Wildman–Crippen LogP) is 3.75. The van der Waals surface area contributed by atoms with Crippen LogP contribution in [-0.2, 0) is 0 Å². The van der Waals surface area contributed by atoms with Gasteiger partial charge in [0, 0.05) is 17.6 Å². The fourth-order valence-electron chi connectivity index (χ4n) is 3.58. The molecule has 0 aromatic carbocycles. The van der Waals surface area contributed by atoms with Crippen molar-refractivity contribution < 1.29 is 5.11 Å². The quantitative estimate of drug-likeness (QED) is 0.771. The topological polar surface area (TPSA) is 23.5 Å². The number of aliphatic hydroxyl groups excluding tert-OH is 1. The van der Waals surface area contributed by atoms with Gasteiger partial charge in [0.1, 0.15) is 0 Å². The third-order valence-corrected chi connectivity index (χ3v) is 4.65. The zero-order valence-electron chi connectivity index (χ0n) is 13.1. The highest BCUT2D eigenvalue weighted by atomic mass is 16.3. The Balaban J connectivity index is 3.05. The van der Waals surface area contributed by atoms with Gasteiger partial charge in [-0.25, -0.2) is 0 Å². The highest BCUT2D eigenvalue weighted by Crippen LogP contribution is 2.42. The van der Waals surface area contributed by atoms with Crippen molar-refractivity contribution in [3.05, 3.63) is 11.6 Å². The molecular weight excluding hydrogens is 222 g/mol. The molecule has 0 spiro atoms. The zero-order chi connectivity index (χ0) is 14.0. The largest absolute Gasteiger partial charge is 0.393 e. The van der Waals surface area contributed by atoms with E-state index in [4.69, 9.17) is 0 Å². The molecule has 0 bridgehead atoms. The monoisotopic (exact) mass is 253 g/mol. The van der Waals surface area contributed by atoms with Crippen LogP contribution in [0.4, 0.5) is 0 Å². The van der Waals surface area contributed by atoms with Crippen molar-refractivity contribution in [3.8, 4) is 0 Å². The third-order valence-electron chi connectivity index (χ3n) is 4.65. The molecule has 2 heteroatoms. The van der Waals surface area contributed by atoms with Gasteiger partial charge in [-0.2, -0.15) is 0 Å². The maximum absolute atomic E-state index is 10.2. The summed E-state index contributed by atoms with van der Waals surface area (Å²) in [7, 11) is 0. The van der Waals surface area contributed by atoms with E-state index >= 15 is 0 Å². The molecule has 0 aromatic heterocycles. The molecular formula is C16H31NO. The normalized spacial score (nSPS) is 26.9. The van der Waals surface area contributed by atoms with Crippen molar-refractivity contribution in [2.45, 2.75) is 84.4 Å². The third kappa shape index (κ3) is 3.16. The fraction of sp³-hybridized carbons (Fsp3) is 0.875. The minimum absolute atomic E-state index is 0.0790. The first kappa shape index (κ1) is 15.7. The second-order valence-electron chi connectivity index (χ2n) is 6.70. The lowest BCUT2D eigenvalue weighted by atomic mass is 9.73. The number of rotatable bonds is 4. The highest BCUT2D eigenvalue weighted by molar-refractivity contribution is 5.07. The lowest BCUT2D eigenvalue weighted by Gasteiger charge is -2.57.